The highest BCUT2D eigenvalue weighted by atomic mass is 79.9. The van der Waals surface area contributed by atoms with E-state index in [2.05, 4.69) is 21.2 Å². The Morgan fingerprint density at radius 2 is 2.12 bits per heavy atom. The second-order valence-electron chi connectivity index (χ2n) is 3.65. The molecule has 0 saturated carbocycles. The van der Waals surface area contributed by atoms with Gasteiger partial charge in [-0.05, 0) is 46.6 Å². The minimum atomic E-state index is -3.35. The van der Waals surface area contributed by atoms with E-state index >= 15 is 0 Å². The van der Waals surface area contributed by atoms with E-state index in [-0.39, 0.29) is 5.75 Å². The Labute approximate surface area is 115 Å². The molecule has 0 aliphatic carbocycles. The van der Waals surface area contributed by atoms with Gasteiger partial charge in [0.15, 0.2) is 0 Å². The summed E-state index contributed by atoms with van der Waals surface area (Å²) in [5, 5.41) is 8.68. The van der Waals surface area contributed by atoms with Gasteiger partial charge in [-0.2, -0.15) is 0 Å². The van der Waals surface area contributed by atoms with Crippen LogP contribution in [0, 0.1) is 0 Å². The molecule has 0 spiro atoms. The minimum absolute atomic E-state index is 0.00109. The van der Waals surface area contributed by atoms with Crippen molar-refractivity contribution in [2.45, 2.75) is 13.0 Å². The maximum atomic E-state index is 10.7. The van der Waals surface area contributed by atoms with Crippen LogP contribution in [0.3, 0.4) is 0 Å². The minimum Gasteiger partial charge on any atom is -0.313 e. The van der Waals surface area contributed by atoms with Crippen LogP contribution >= 0.6 is 27.5 Å². The molecule has 0 saturated heterocycles. The Morgan fingerprint density at radius 1 is 1.41 bits per heavy atom. The fraction of sp³-hybridized carbons (Fsp3) is 0.400. The van der Waals surface area contributed by atoms with Gasteiger partial charge in [-0.3, -0.25) is 0 Å². The number of sulfonamides is 1. The van der Waals surface area contributed by atoms with E-state index in [0.717, 1.165) is 10.0 Å². The fourth-order valence-electron chi connectivity index (χ4n) is 1.28. The van der Waals surface area contributed by atoms with Crippen molar-refractivity contribution in [1.82, 2.24) is 5.32 Å². The van der Waals surface area contributed by atoms with E-state index in [1.807, 2.05) is 18.2 Å². The van der Waals surface area contributed by atoms with Crippen LogP contribution in [-0.2, 0) is 16.6 Å². The Morgan fingerprint density at radius 3 is 2.71 bits per heavy atom. The van der Waals surface area contributed by atoms with E-state index in [4.69, 9.17) is 16.7 Å². The largest absolute Gasteiger partial charge is 0.313 e. The predicted octanol–water partition coefficient (Wildman–Crippen LogP) is 1.87. The predicted molar refractivity (Wildman–Crippen MR) is 73.4 cm³/mol. The third-order valence-corrected chi connectivity index (χ3v) is 4.19. The first-order valence-corrected chi connectivity index (χ1v) is 7.92. The molecule has 1 aromatic rings. The molecule has 0 radical (unpaired) electrons. The Hall–Kier alpha value is -0.140. The summed E-state index contributed by atoms with van der Waals surface area (Å²) in [6.07, 6.45) is 0.503. The first kappa shape index (κ1) is 14.9. The second kappa shape index (κ2) is 6.70. The molecular formula is C10H14BrClN2O2S. The zero-order valence-electron chi connectivity index (χ0n) is 9.12. The first-order valence-electron chi connectivity index (χ1n) is 5.03. The van der Waals surface area contributed by atoms with Crippen molar-refractivity contribution in [2.75, 3.05) is 12.3 Å². The van der Waals surface area contributed by atoms with E-state index in [1.165, 1.54) is 0 Å². The van der Waals surface area contributed by atoms with E-state index in [1.54, 1.807) is 0 Å². The first-order chi connectivity index (χ1) is 7.88. The molecule has 0 atom stereocenters. The van der Waals surface area contributed by atoms with Gasteiger partial charge in [0.25, 0.3) is 0 Å². The molecule has 0 bridgehead atoms. The Bertz CT molecular complexity index is 479. The number of hydrogen-bond acceptors (Lipinski definition) is 3. The Kier molecular flexibility index (Phi) is 5.88. The van der Waals surface area contributed by atoms with Crippen LogP contribution < -0.4 is 10.5 Å². The van der Waals surface area contributed by atoms with Gasteiger partial charge in [0.2, 0.25) is 10.0 Å². The lowest BCUT2D eigenvalue weighted by molar-refractivity contribution is 0.590. The molecule has 1 rings (SSSR count). The van der Waals surface area contributed by atoms with Crippen LogP contribution in [0.5, 0.6) is 0 Å². The SMILES string of the molecule is NS(=O)(=O)CCCNCc1ccc(Br)c(Cl)c1. The molecule has 0 aromatic heterocycles. The molecule has 0 amide bonds. The van der Waals surface area contributed by atoms with Gasteiger partial charge in [-0.25, -0.2) is 13.6 Å². The normalized spacial score (nSPS) is 11.7. The van der Waals surface area contributed by atoms with Crippen molar-refractivity contribution in [3.63, 3.8) is 0 Å². The quantitative estimate of drug-likeness (QED) is 0.776. The Balaban J connectivity index is 2.29. The summed E-state index contributed by atoms with van der Waals surface area (Å²) in [6.45, 7) is 1.25. The number of benzene rings is 1. The molecule has 4 nitrogen and oxygen atoms in total. The fourth-order valence-corrected chi connectivity index (χ4v) is 2.28. The highest BCUT2D eigenvalue weighted by molar-refractivity contribution is 9.10. The van der Waals surface area contributed by atoms with Gasteiger partial charge in [0.1, 0.15) is 0 Å². The molecule has 0 fully saturated rings. The van der Waals surface area contributed by atoms with Crippen LogP contribution in [-0.4, -0.2) is 20.7 Å². The maximum Gasteiger partial charge on any atom is 0.209 e. The van der Waals surface area contributed by atoms with Gasteiger partial charge in [-0.1, -0.05) is 17.7 Å². The van der Waals surface area contributed by atoms with Crippen LogP contribution in [0.25, 0.3) is 0 Å². The summed E-state index contributed by atoms with van der Waals surface area (Å²) in [7, 11) is -3.35. The monoisotopic (exact) mass is 340 g/mol. The number of primary sulfonamides is 1. The standard InChI is InChI=1S/C10H14BrClN2O2S/c11-9-3-2-8(6-10(9)12)7-14-4-1-5-17(13,15)16/h2-3,6,14H,1,4-5,7H2,(H2,13,15,16). The zero-order chi connectivity index (χ0) is 12.9. The number of halogens is 2. The molecule has 0 heterocycles. The van der Waals surface area contributed by atoms with Crippen molar-refractivity contribution < 1.29 is 8.42 Å². The topological polar surface area (TPSA) is 72.2 Å². The third-order valence-electron chi connectivity index (χ3n) is 2.10. The van der Waals surface area contributed by atoms with Crippen molar-refractivity contribution in [2.24, 2.45) is 5.14 Å². The highest BCUT2D eigenvalue weighted by Gasteiger charge is 2.02. The summed E-state index contributed by atoms with van der Waals surface area (Å²) in [5.41, 5.74) is 1.05. The third kappa shape index (κ3) is 6.38. The lowest BCUT2D eigenvalue weighted by atomic mass is 10.2. The van der Waals surface area contributed by atoms with E-state index in [0.29, 0.717) is 24.5 Å². The summed E-state index contributed by atoms with van der Waals surface area (Å²) >= 11 is 9.25. The highest BCUT2D eigenvalue weighted by Crippen LogP contribution is 2.22. The van der Waals surface area contributed by atoms with Crippen LogP contribution in [0.1, 0.15) is 12.0 Å². The van der Waals surface area contributed by atoms with Gasteiger partial charge < -0.3 is 5.32 Å². The number of rotatable bonds is 6. The average molecular weight is 342 g/mol. The summed E-state index contributed by atoms with van der Waals surface area (Å²) in [4.78, 5) is 0. The molecule has 3 N–H and O–H groups in total. The molecule has 96 valence electrons. The number of nitrogens with one attached hydrogen (secondary N) is 1. The van der Waals surface area contributed by atoms with E-state index in [9.17, 15) is 8.42 Å². The number of hydrogen-bond donors (Lipinski definition) is 2. The van der Waals surface area contributed by atoms with Crippen molar-refractivity contribution in [3.8, 4) is 0 Å². The van der Waals surface area contributed by atoms with E-state index < -0.39 is 10.0 Å². The van der Waals surface area contributed by atoms with Gasteiger partial charge >= 0.3 is 0 Å². The van der Waals surface area contributed by atoms with Gasteiger partial charge in [-0.15, -0.1) is 0 Å². The molecule has 0 aliphatic rings. The molecule has 1 aromatic carbocycles. The maximum absolute atomic E-state index is 10.7. The zero-order valence-corrected chi connectivity index (χ0v) is 12.3. The molecule has 0 unspecified atom stereocenters. The van der Waals surface area contributed by atoms with Crippen molar-refractivity contribution in [1.29, 1.82) is 0 Å². The average Bonchev–Trinajstić information content (AvgIpc) is 2.21. The summed E-state index contributed by atoms with van der Waals surface area (Å²) in [6, 6.07) is 5.69. The molecule has 17 heavy (non-hydrogen) atoms. The number of nitrogens with two attached hydrogens (primary N) is 1. The van der Waals surface area contributed by atoms with Gasteiger partial charge in [0, 0.05) is 11.0 Å². The van der Waals surface area contributed by atoms with Gasteiger partial charge in [0.05, 0.1) is 10.8 Å². The van der Waals surface area contributed by atoms with Crippen molar-refractivity contribution >= 4 is 37.6 Å². The van der Waals surface area contributed by atoms with Crippen LogP contribution in [0.4, 0.5) is 0 Å². The summed E-state index contributed by atoms with van der Waals surface area (Å²) in [5.74, 6) is 0.00109. The van der Waals surface area contributed by atoms with Crippen LogP contribution in [0.2, 0.25) is 5.02 Å². The second-order valence-corrected chi connectivity index (χ2v) is 6.64. The summed E-state index contributed by atoms with van der Waals surface area (Å²) < 4.78 is 22.2. The van der Waals surface area contributed by atoms with Crippen LogP contribution in [0.15, 0.2) is 22.7 Å². The molecule has 7 heteroatoms. The molecule has 0 aliphatic heterocycles. The van der Waals surface area contributed by atoms with Crippen molar-refractivity contribution in [3.05, 3.63) is 33.3 Å². The lowest BCUT2D eigenvalue weighted by Crippen LogP contribution is -2.22. The lowest BCUT2D eigenvalue weighted by Gasteiger charge is -2.05. The molecular weight excluding hydrogens is 328 g/mol. The smallest absolute Gasteiger partial charge is 0.209 e.